The van der Waals surface area contributed by atoms with Crippen LogP contribution >= 0.6 is 0 Å². The van der Waals surface area contributed by atoms with Crippen molar-refractivity contribution in [2.75, 3.05) is 20.7 Å². The van der Waals surface area contributed by atoms with E-state index in [2.05, 4.69) is 4.99 Å². The molecule has 0 aliphatic carbocycles. The molecule has 7 heteroatoms. The molecule has 0 bridgehead atoms. The summed E-state index contributed by atoms with van der Waals surface area (Å²) in [5, 5.41) is 9.26. The summed E-state index contributed by atoms with van der Waals surface area (Å²) in [5.41, 5.74) is 1.09. The number of carbonyl (C=O) groups excluding carboxylic acids is 2. The fourth-order valence-corrected chi connectivity index (χ4v) is 2.37. The SMILES string of the molecule is Cc1cccc(OCC(C)N=C2C(C#N)C(=O)N(C)C(=O)N2C)c1. The summed E-state index contributed by atoms with van der Waals surface area (Å²) in [7, 11) is 2.86. The fourth-order valence-electron chi connectivity index (χ4n) is 2.37. The van der Waals surface area contributed by atoms with Crippen molar-refractivity contribution in [1.29, 1.82) is 5.26 Å². The lowest BCUT2D eigenvalue weighted by atomic mass is 10.1. The number of amides is 3. The smallest absolute Gasteiger partial charge is 0.331 e. The van der Waals surface area contributed by atoms with Crippen LogP contribution in [0.25, 0.3) is 0 Å². The zero-order valence-electron chi connectivity index (χ0n) is 14.2. The zero-order chi connectivity index (χ0) is 17.9. The van der Waals surface area contributed by atoms with E-state index in [1.807, 2.05) is 37.3 Å². The number of nitriles is 1. The molecule has 0 spiro atoms. The molecule has 2 atom stereocenters. The Labute approximate surface area is 141 Å². The minimum absolute atomic E-state index is 0.158. The van der Waals surface area contributed by atoms with Crippen LogP contribution in [-0.4, -0.2) is 54.3 Å². The van der Waals surface area contributed by atoms with Gasteiger partial charge in [-0.3, -0.25) is 19.6 Å². The summed E-state index contributed by atoms with van der Waals surface area (Å²) in [4.78, 5) is 30.6. The number of nitrogens with zero attached hydrogens (tertiary/aromatic N) is 4. The van der Waals surface area contributed by atoms with Gasteiger partial charge in [-0.05, 0) is 31.5 Å². The monoisotopic (exact) mass is 328 g/mol. The first-order chi connectivity index (χ1) is 11.3. The fraction of sp³-hybridized carbons (Fsp3) is 0.412. The second-order valence-corrected chi connectivity index (χ2v) is 5.76. The molecule has 1 saturated heterocycles. The van der Waals surface area contributed by atoms with Gasteiger partial charge in [0.1, 0.15) is 18.2 Å². The van der Waals surface area contributed by atoms with Crippen molar-refractivity contribution in [2.45, 2.75) is 19.9 Å². The van der Waals surface area contributed by atoms with Crippen LogP contribution in [0.1, 0.15) is 12.5 Å². The molecule has 1 heterocycles. The van der Waals surface area contributed by atoms with Gasteiger partial charge in [0.05, 0.1) is 12.1 Å². The molecule has 3 amide bonds. The highest BCUT2D eigenvalue weighted by molar-refractivity contribution is 6.19. The summed E-state index contributed by atoms with van der Waals surface area (Å²) >= 11 is 0. The summed E-state index contributed by atoms with van der Waals surface area (Å²) < 4.78 is 5.68. The average Bonchev–Trinajstić information content (AvgIpc) is 2.56. The maximum atomic E-state index is 12.1. The van der Waals surface area contributed by atoms with E-state index < -0.39 is 17.9 Å². The quantitative estimate of drug-likeness (QED) is 0.844. The summed E-state index contributed by atoms with van der Waals surface area (Å²) in [5.74, 6) is -0.765. The predicted molar refractivity (Wildman–Crippen MR) is 88.6 cm³/mol. The van der Waals surface area contributed by atoms with Crippen LogP contribution in [0.5, 0.6) is 5.75 Å². The van der Waals surface area contributed by atoms with Crippen LogP contribution < -0.4 is 4.74 Å². The molecule has 0 aromatic heterocycles. The van der Waals surface area contributed by atoms with Gasteiger partial charge in [-0.15, -0.1) is 0 Å². The molecule has 1 aliphatic rings. The number of aliphatic imine (C=N–C) groups is 1. The van der Waals surface area contributed by atoms with E-state index in [4.69, 9.17) is 4.74 Å². The summed E-state index contributed by atoms with van der Waals surface area (Å²) in [6, 6.07) is 8.72. The number of hydrogen-bond acceptors (Lipinski definition) is 5. The molecule has 2 unspecified atom stereocenters. The number of amidine groups is 1. The van der Waals surface area contributed by atoms with Crippen molar-refractivity contribution in [3.8, 4) is 11.8 Å². The largest absolute Gasteiger partial charge is 0.491 e. The van der Waals surface area contributed by atoms with E-state index in [1.165, 1.54) is 19.0 Å². The van der Waals surface area contributed by atoms with Gasteiger partial charge in [-0.1, -0.05) is 12.1 Å². The van der Waals surface area contributed by atoms with E-state index in [1.54, 1.807) is 6.92 Å². The number of aryl methyl sites for hydroxylation is 1. The molecule has 24 heavy (non-hydrogen) atoms. The Morgan fingerprint density at radius 3 is 2.67 bits per heavy atom. The zero-order valence-corrected chi connectivity index (χ0v) is 14.2. The standard InChI is InChI=1S/C17H20N4O3/c1-11-6-5-7-13(8-11)24-10-12(2)19-15-14(9-18)16(22)21(4)17(23)20(15)3/h5-8,12,14H,10H2,1-4H3. The number of ether oxygens (including phenoxy) is 1. The minimum atomic E-state index is -1.08. The Balaban J connectivity index is 2.13. The molecule has 126 valence electrons. The maximum absolute atomic E-state index is 12.1. The van der Waals surface area contributed by atoms with E-state index in [-0.39, 0.29) is 18.5 Å². The Morgan fingerprint density at radius 2 is 2.04 bits per heavy atom. The summed E-state index contributed by atoms with van der Waals surface area (Å²) in [6.07, 6.45) is 0. The second kappa shape index (κ2) is 7.13. The molecule has 1 aliphatic heterocycles. The maximum Gasteiger partial charge on any atom is 0.331 e. The number of rotatable bonds is 4. The van der Waals surface area contributed by atoms with E-state index in [9.17, 15) is 14.9 Å². The lowest BCUT2D eigenvalue weighted by molar-refractivity contribution is -0.129. The van der Waals surface area contributed by atoms with E-state index in [0.29, 0.717) is 0 Å². The molecule has 1 aromatic rings. The van der Waals surface area contributed by atoms with Gasteiger partial charge in [-0.25, -0.2) is 4.79 Å². The first kappa shape index (κ1) is 17.5. The number of hydrogen-bond donors (Lipinski definition) is 0. The number of carbonyl (C=O) groups is 2. The number of benzene rings is 1. The molecule has 0 N–H and O–H groups in total. The van der Waals surface area contributed by atoms with E-state index in [0.717, 1.165) is 16.2 Å². The van der Waals surface area contributed by atoms with Crippen molar-refractivity contribution in [2.24, 2.45) is 10.9 Å². The lowest BCUT2D eigenvalue weighted by Gasteiger charge is -2.33. The Hall–Kier alpha value is -2.88. The third-order valence-electron chi connectivity index (χ3n) is 3.72. The van der Waals surface area contributed by atoms with Gasteiger partial charge in [0, 0.05) is 14.1 Å². The van der Waals surface area contributed by atoms with Gasteiger partial charge < -0.3 is 4.74 Å². The Morgan fingerprint density at radius 1 is 1.33 bits per heavy atom. The highest BCUT2D eigenvalue weighted by Gasteiger charge is 2.41. The molecule has 2 rings (SSSR count). The van der Waals surface area contributed by atoms with Crippen molar-refractivity contribution in [3.63, 3.8) is 0 Å². The first-order valence-electron chi connectivity index (χ1n) is 7.57. The van der Waals surface area contributed by atoms with Crippen LogP contribution in [0.4, 0.5) is 4.79 Å². The minimum Gasteiger partial charge on any atom is -0.491 e. The van der Waals surface area contributed by atoms with Crippen LogP contribution in [0, 0.1) is 24.2 Å². The molecule has 7 nitrogen and oxygen atoms in total. The summed E-state index contributed by atoms with van der Waals surface area (Å²) in [6.45, 7) is 4.05. The van der Waals surface area contributed by atoms with Gasteiger partial charge in [-0.2, -0.15) is 5.26 Å². The van der Waals surface area contributed by atoms with E-state index >= 15 is 0 Å². The van der Waals surface area contributed by atoms with Crippen molar-refractivity contribution < 1.29 is 14.3 Å². The third-order valence-corrected chi connectivity index (χ3v) is 3.72. The van der Waals surface area contributed by atoms with Crippen LogP contribution in [-0.2, 0) is 4.79 Å². The molecule has 1 fully saturated rings. The van der Waals surface area contributed by atoms with Crippen molar-refractivity contribution in [3.05, 3.63) is 29.8 Å². The van der Waals surface area contributed by atoms with Crippen LogP contribution in [0.2, 0.25) is 0 Å². The molecular weight excluding hydrogens is 308 g/mol. The first-order valence-corrected chi connectivity index (χ1v) is 7.57. The Kier molecular flexibility index (Phi) is 5.19. The van der Waals surface area contributed by atoms with Crippen molar-refractivity contribution >= 4 is 17.8 Å². The molecular formula is C17H20N4O3. The predicted octanol–water partition coefficient (Wildman–Crippen LogP) is 1.82. The van der Waals surface area contributed by atoms with Gasteiger partial charge in [0.2, 0.25) is 0 Å². The topological polar surface area (TPSA) is 86.0 Å². The highest BCUT2D eigenvalue weighted by Crippen LogP contribution is 2.18. The third kappa shape index (κ3) is 3.54. The average molecular weight is 328 g/mol. The molecule has 0 saturated carbocycles. The van der Waals surface area contributed by atoms with Crippen LogP contribution in [0.15, 0.2) is 29.3 Å². The second-order valence-electron chi connectivity index (χ2n) is 5.76. The van der Waals surface area contributed by atoms with Gasteiger partial charge in [0.15, 0.2) is 5.92 Å². The normalized spacial score (nSPS) is 21.0. The number of imide groups is 1. The van der Waals surface area contributed by atoms with Crippen LogP contribution in [0.3, 0.4) is 0 Å². The number of urea groups is 1. The highest BCUT2D eigenvalue weighted by atomic mass is 16.5. The lowest BCUT2D eigenvalue weighted by Crippen LogP contribution is -2.56. The van der Waals surface area contributed by atoms with Gasteiger partial charge >= 0.3 is 6.03 Å². The molecule has 1 aromatic carbocycles. The molecule has 0 radical (unpaired) electrons. The Bertz CT molecular complexity index is 723. The van der Waals surface area contributed by atoms with Gasteiger partial charge in [0.25, 0.3) is 5.91 Å². The van der Waals surface area contributed by atoms with Crippen molar-refractivity contribution in [1.82, 2.24) is 9.80 Å².